The van der Waals surface area contributed by atoms with Crippen molar-refractivity contribution in [1.82, 2.24) is 4.90 Å². The fourth-order valence-corrected chi connectivity index (χ4v) is 2.61. The molecule has 29 heavy (non-hydrogen) atoms. The molecule has 0 radical (unpaired) electrons. The molecule has 0 bridgehead atoms. The summed E-state index contributed by atoms with van der Waals surface area (Å²) in [5.74, 6) is 0.0605. The highest BCUT2D eigenvalue weighted by Gasteiger charge is 2.18. The van der Waals surface area contributed by atoms with Crippen LogP contribution in [0.2, 0.25) is 0 Å². The van der Waals surface area contributed by atoms with Gasteiger partial charge in [0.1, 0.15) is 6.10 Å². The van der Waals surface area contributed by atoms with Crippen LogP contribution < -0.4 is 0 Å². The molecule has 0 fully saturated rings. The fraction of sp³-hybridized carbons (Fsp3) is 0.577. The zero-order valence-electron chi connectivity index (χ0n) is 19.2. The number of rotatable bonds is 17. The summed E-state index contributed by atoms with van der Waals surface area (Å²) in [6.07, 6.45) is 30.9. The molecule has 0 aliphatic carbocycles. The van der Waals surface area contributed by atoms with Gasteiger partial charge in [-0.2, -0.15) is 0 Å². The molecule has 164 valence electrons. The second-order valence-electron chi connectivity index (χ2n) is 7.20. The summed E-state index contributed by atoms with van der Waals surface area (Å²) >= 11 is 0. The zero-order chi connectivity index (χ0) is 21.6. The minimum absolute atomic E-state index is 0.0605. The van der Waals surface area contributed by atoms with Crippen LogP contribution in [0.5, 0.6) is 0 Å². The average Bonchev–Trinajstić information content (AvgIpc) is 2.72. The van der Waals surface area contributed by atoms with Crippen molar-refractivity contribution in [3.05, 3.63) is 60.8 Å². The number of carbonyl (C=O) groups is 1. The predicted molar refractivity (Wildman–Crippen MR) is 127 cm³/mol. The Morgan fingerprint density at radius 2 is 1.24 bits per heavy atom. The largest absolute Gasteiger partial charge is 0.368 e. The fourth-order valence-electron chi connectivity index (χ4n) is 2.61. The average molecular weight is 402 g/mol. The molecule has 1 amide bonds. The lowest BCUT2D eigenvalue weighted by molar-refractivity contribution is -0.141. The maximum atomic E-state index is 11.9. The van der Waals surface area contributed by atoms with Gasteiger partial charge in [0.25, 0.3) is 5.91 Å². The molecule has 0 aliphatic heterocycles. The number of amides is 1. The summed E-state index contributed by atoms with van der Waals surface area (Å²) in [5, 5.41) is 0. The Bertz CT molecular complexity index is 527. The second-order valence-corrected chi connectivity index (χ2v) is 7.20. The Morgan fingerprint density at radius 1 is 0.759 bits per heavy atom. The van der Waals surface area contributed by atoms with Gasteiger partial charge >= 0.3 is 0 Å². The number of likely N-dealkylation sites (N-methyl/N-ethyl adjacent to an activating group) is 1. The molecule has 0 aromatic heterocycles. The Labute approximate surface area is 179 Å². The van der Waals surface area contributed by atoms with E-state index in [0.29, 0.717) is 6.61 Å². The highest BCUT2D eigenvalue weighted by atomic mass is 16.5. The molecule has 0 spiro atoms. The molecule has 3 heteroatoms. The van der Waals surface area contributed by atoms with Crippen LogP contribution in [-0.2, 0) is 9.53 Å². The van der Waals surface area contributed by atoms with Crippen LogP contribution >= 0.6 is 0 Å². The Balaban J connectivity index is 3.61. The Kier molecular flexibility index (Phi) is 19.5. The van der Waals surface area contributed by atoms with E-state index in [0.717, 1.165) is 57.8 Å². The lowest BCUT2D eigenvalue weighted by Gasteiger charge is -2.19. The number of hydrogen-bond donors (Lipinski definition) is 0. The molecule has 0 N–H and O–H groups in total. The van der Waals surface area contributed by atoms with E-state index in [1.54, 1.807) is 19.0 Å². The van der Waals surface area contributed by atoms with E-state index in [2.05, 4.69) is 67.7 Å². The van der Waals surface area contributed by atoms with Gasteiger partial charge in [0, 0.05) is 20.7 Å². The van der Waals surface area contributed by atoms with Gasteiger partial charge in [0.05, 0.1) is 0 Å². The maximum absolute atomic E-state index is 11.9. The summed E-state index contributed by atoms with van der Waals surface area (Å²) in [4.78, 5) is 13.5. The maximum Gasteiger partial charge on any atom is 0.251 e. The second kappa shape index (κ2) is 20.9. The van der Waals surface area contributed by atoms with Crippen LogP contribution in [0, 0.1) is 0 Å². The summed E-state index contributed by atoms with van der Waals surface area (Å²) in [6.45, 7) is 4.80. The van der Waals surface area contributed by atoms with Gasteiger partial charge in [-0.1, -0.05) is 74.6 Å². The molecular formula is C26H43NO2. The Morgan fingerprint density at radius 3 is 1.69 bits per heavy atom. The first kappa shape index (κ1) is 27.1. The monoisotopic (exact) mass is 401 g/mol. The number of carbonyl (C=O) groups excluding carboxylic acids is 1. The molecule has 0 aliphatic rings. The summed E-state index contributed by atoms with van der Waals surface area (Å²) in [7, 11) is 3.55. The topological polar surface area (TPSA) is 29.5 Å². The lowest BCUT2D eigenvalue weighted by atomic mass is 10.2. The van der Waals surface area contributed by atoms with E-state index in [9.17, 15) is 4.79 Å². The highest BCUT2D eigenvalue weighted by molar-refractivity contribution is 5.80. The third-order valence-corrected chi connectivity index (χ3v) is 4.33. The first-order valence-corrected chi connectivity index (χ1v) is 11.2. The van der Waals surface area contributed by atoms with Crippen molar-refractivity contribution in [2.45, 2.75) is 77.7 Å². The number of hydrogen-bond acceptors (Lipinski definition) is 2. The molecule has 0 rings (SSSR count). The van der Waals surface area contributed by atoms with E-state index in [1.165, 1.54) is 0 Å². The van der Waals surface area contributed by atoms with Crippen molar-refractivity contribution in [3.63, 3.8) is 0 Å². The first-order valence-electron chi connectivity index (χ1n) is 11.2. The lowest BCUT2D eigenvalue weighted by Crippen LogP contribution is -2.35. The van der Waals surface area contributed by atoms with Crippen LogP contribution in [0.15, 0.2) is 60.8 Å². The van der Waals surface area contributed by atoms with Gasteiger partial charge in [-0.25, -0.2) is 0 Å². The van der Waals surface area contributed by atoms with Crippen LogP contribution in [0.1, 0.15) is 71.6 Å². The molecule has 1 unspecified atom stereocenters. The van der Waals surface area contributed by atoms with Crippen LogP contribution in [0.4, 0.5) is 0 Å². The van der Waals surface area contributed by atoms with Gasteiger partial charge in [0.15, 0.2) is 0 Å². The van der Waals surface area contributed by atoms with Gasteiger partial charge in [-0.3, -0.25) is 4.79 Å². The zero-order valence-corrected chi connectivity index (χ0v) is 19.2. The van der Waals surface area contributed by atoms with E-state index < -0.39 is 0 Å². The third-order valence-electron chi connectivity index (χ3n) is 4.33. The highest BCUT2D eigenvalue weighted by Crippen LogP contribution is 2.05. The van der Waals surface area contributed by atoms with Crippen molar-refractivity contribution < 1.29 is 9.53 Å². The van der Waals surface area contributed by atoms with Crippen LogP contribution in [-0.4, -0.2) is 37.6 Å². The molecule has 0 saturated heterocycles. The summed E-state index contributed by atoms with van der Waals surface area (Å²) in [5.41, 5.74) is 0. The van der Waals surface area contributed by atoms with Gasteiger partial charge in [-0.05, 0) is 57.8 Å². The molecule has 1 atom stereocenters. The van der Waals surface area contributed by atoms with Crippen LogP contribution in [0.25, 0.3) is 0 Å². The van der Waals surface area contributed by atoms with Crippen molar-refractivity contribution in [2.24, 2.45) is 0 Å². The SMILES string of the molecule is CC/C=C\C/C=C\C/C=C\C/C=C\C/C=C\CCCCOC(CC)C(=O)N(C)C. The van der Waals surface area contributed by atoms with Crippen LogP contribution in [0.3, 0.4) is 0 Å². The Hall–Kier alpha value is -1.87. The summed E-state index contributed by atoms with van der Waals surface area (Å²) in [6, 6.07) is 0. The minimum Gasteiger partial charge on any atom is -0.368 e. The van der Waals surface area contributed by atoms with E-state index >= 15 is 0 Å². The molecular weight excluding hydrogens is 358 g/mol. The van der Waals surface area contributed by atoms with Gasteiger partial charge < -0.3 is 9.64 Å². The van der Waals surface area contributed by atoms with Gasteiger partial charge in [0.2, 0.25) is 0 Å². The smallest absolute Gasteiger partial charge is 0.251 e. The molecule has 0 heterocycles. The predicted octanol–water partition coefficient (Wildman–Crippen LogP) is 6.79. The first-order chi connectivity index (χ1) is 14.1. The number of ether oxygens (including phenoxy) is 1. The van der Waals surface area contributed by atoms with Crippen molar-refractivity contribution >= 4 is 5.91 Å². The number of unbranched alkanes of at least 4 members (excludes halogenated alkanes) is 2. The quantitative estimate of drug-likeness (QED) is 0.198. The van der Waals surface area contributed by atoms with Crippen molar-refractivity contribution in [3.8, 4) is 0 Å². The van der Waals surface area contributed by atoms with Crippen molar-refractivity contribution in [2.75, 3.05) is 20.7 Å². The summed E-state index contributed by atoms with van der Waals surface area (Å²) < 4.78 is 5.70. The molecule has 0 aromatic carbocycles. The third kappa shape index (κ3) is 17.9. The standard InChI is InChI=1S/C26H43NO2/c1-5-7-8-9-10-11-12-13-14-15-16-17-18-19-20-21-22-23-24-29-25(6-2)26(28)27(3)4/h7-8,10-11,13-14,16-17,19-20,25H,5-6,9,12,15,18,21-24H2,1-4H3/b8-7-,11-10-,14-13-,17-16-,20-19-. The minimum atomic E-state index is -0.293. The molecule has 0 saturated carbocycles. The van der Waals surface area contributed by atoms with E-state index in [-0.39, 0.29) is 12.0 Å². The van der Waals surface area contributed by atoms with E-state index in [1.807, 2.05) is 6.92 Å². The number of nitrogens with zero attached hydrogens (tertiary/aromatic N) is 1. The van der Waals surface area contributed by atoms with Gasteiger partial charge in [-0.15, -0.1) is 0 Å². The van der Waals surface area contributed by atoms with E-state index in [4.69, 9.17) is 4.74 Å². The molecule has 0 aromatic rings. The number of allylic oxidation sites excluding steroid dienone is 10. The van der Waals surface area contributed by atoms with Crippen molar-refractivity contribution in [1.29, 1.82) is 0 Å². The normalized spacial score (nSPS) is 13.7. The molecule has 3 nitrogen and oxygen atoms in total.